The fourth-order valence-electron chi connectivity index (χ4n) is 2.01. The second kappa shape index (κ2) is 5.83. The monoisotopic (exact) mass is 218 g/mol. The van der Waals surface area contributed by atoms with E-state index < -0.39 is 0 Å². The van der Waals surface area contributed by atoms with Gasteiger partial charge in [-0.25, -0.2) is 0 Å². The van der Waals surface area contributed by atoms with E-state index in [4.69, 9.17) is 0 Å². The first-order valence-electron chi connectivity index (χ1n) is 6.11. The van der Waals surface area contributed by atoms with Crippen LogP contribution < -0.4 is 0 Å². The van der Waals surface area contributed by atoms with Crippen molar-refractivity contribution in [2.24, 2.45) is 17.8 Å². The molecule has 0 aliphatic heterocycles. The predicted molar refractivity (Wildman–Crippen MR) is 68.6 cm³/mol. The minimum absolute atomic E-state index is 0.155. The maximum Gasteiger partial charge on any atom is 0.166 e. The Kier molecular flexibility index (Phi) is 4.72. The Labute approximate surface area is 98.9 Å². The lowest BCUT2D eigenvalue weighted by Crippen LogP contribution is -2.22. The zero-order valence-corrected chi connectivity index (χ0v) is 10.7. The highest BCUT2D eigenvalue weighted by molar-refractivity contribution is 5.97. The summed E-state index contributed by atoms with van der Waals surface area (Å²) in [6.45, 7) is 8.61. The van der Waals surface area contributed by atoms with E-state index in [1.54, 1.807) is 0 Å². The summed E-state index contributed by atoms with van der Waals surface area (Å²) in [5.41, 5.74) is 0.849. The van der Waals surface area contributed by atoms with Crippen molar-refractivity contribution in [1.82, 2.24) is 0 Å². The number of carbonyl (C=O) groups excluding carboxylic acids is 1. The fraction of sp³-hybridized carbons (Fsp3) is 0.533. The van der Waals surface area contributed by atoms with Crippen LogP contribution in [0.4, 0.5) is 0 Å². The number of Topliss-reactive ketones (excluding diaryl/α,β-unsaturated/α-hetero) is 1. The third-order valence-electron chi connectivity index (χ3n) is 2.93. The molecule has 1 atom stereocenters. The maximum absolute atomic E-state index is 12.3. The molecule has 0 heterocycles. The molecule has 1 aromatic rings. The summed E-state index contributed by atoms with van der Waals surface area (Å²) in [7, 11) is 0. The van der Waals surface area contributed by atoms with Gasteiger partial charge in [0.2, 0.25) is 0 Å². The minimum Gasteiger partial charge on any atom is -0.294 e. The Hall–Kier alpha value is -1.11. The molecule has 0 saturated carbocycles. The number of hydrogen-bond donors (Lipinski definition) is 0. The van der Waals surface area contributed by atoms with E-state index in [1.807, 2.05) is 30.3 Å². The van der Waals surface area contributed by atoms with E-state index in [9.17, 15) is 4.79 Å². The van der Waals surface area contributed by atoms with Crippen molar-refractivity contribution in [3.8, 4) is 0 Å². The molecule has 0 aliphatic carbocycles. The van der Waals surface area contributed by atoms with E-state index in [0.717, 1.165) is 12.0 Å². The Morgan fingerprint density at radius 1 is 1.06 bits per heavy atom. The van der Waals surface area contributed by atoms with Crippen LogP contribution in [0.5, 0.6) is 0 Å². The molecule has 0 fully saturated rings. The predicted octanol–water partition coefficient (Wildman–Crippen LogP) is 4.19. The average Bonchev–Trinajstić information content (AvgIpc) is 2.25. The smallest absolute Gasteiger partial charge is 0.166 e. The third kappa shape index (κ3) is 3.48. The molecule has 1 unspecified atom stereocenters. The molecule has 0 amide bonds. The molecule has 0 spiro atoms. The van der Waals surface area contributed by atoms with Crippen LogP contribution in [0.3, 0.4) is 0 Å². The molecule has 1 nitrogen and oxygen atoms in total. The average molecular weight is 218 g/mol. The molecule has 0 bridgehead atoms. The third-order valence-corrected chi connectivity index (χ3v) is 2.93. The van der Waals surface area contributed by atoms with E-state index in [1.165, 1.54) is 0 Å². The first-order chi connectivity index (χ1) is 7.52. The molecule has 0 aromatic heterocycles. The molecule has 0 radical (unpaired) electrons. The fourth-order valence-corrected chi connectivity index (χ4v) is 2.01. The van der Waals surface area contributed by atoms with Gasteiger partial charge < -0.3 is 0 Å². The molecule has 1 heteroatoms. The van der Waals surface area contributed by atoms with Crippen molar-refractivity contribution in [3.05, 3.63) is 35.9 Å². The van der Waals surface area contributed by atoms with Crippen LogP contribution >= 0.6 is 0 Å². The molecule has 0 saturated heterocycles. The summed E-state index contributed by atoms with van der Waals surface area (Å²) in [5.74, 6) is 1.43. The highest BCUT2D eigenvalue weighted by atomic mass is 16.1. The lowest BCUT2D eigenvalue weighted by molar-refractivity contribution is 0.0864. The van der Waals surface area contributed by atoms with Gasteiger partial charge >= 0.3 is 0 Å². The summed E-state index contributed by atoms with van der Waals surface area (Å²) >= 11 is 0. The van der Waals surface area contributed by atoms with Gasteiger partial charge in [0.05, 0.1) is 0 Å². The number of carbonyl (C=O) groups is 1. The maximum atomic E-state index is 12.3. The molecule has 0 N–H and O–H groups in total. The zero-order chi connectivity index (χ0) is 12.1. The number of ketones is 1. The first-order valence-corrected chi connectivity index (χ1v) is 6.11. The van der Waals surface area contributed by atoms with Crippen LogP contribution in [0.2, 0.25) is 0 Å². The number of hydrogen-bond acceptors (Lipinski definition) is 1. The van der Waals surface area contributed by atoms with Crippen LogP contribution in [0, 0.1) is 17.8 Å². The van der Waals surface area contributed by atoms with E-state index >= 15 is 0 Å². The summed E-state index contributed by atoms with van der Waals surface area (Å²) in [4.78, 5) is 12.3. The lowest BCUT2D eigenvalue weighted by atomic mass is 9.82. The van der Waals surface area contributed by atoms with Gasteiger partial charge in [-0.1, -0.05) is 58.0 Å². The van der Waals surface area contributed by atoms with Gasteiger partial charge in [-0.05, 0) is 18.3 Å². The highest BCUT2D eigenvalue weighted by Crippen LogP contribution is 2.24. The van der Waals surface area contributed by atoms with Crippen molar-refractivity contribution in [2.75, 3.05) is 0 Å². The zero-order valence-electron chi connectivity index (χ0n) is 10.7. The molecule has 1 rings (SSSR count). The van der Waals surface area contributed by atoms with Crippen LogP contribution in [-0.2, 0) is 0 Å². The van der Waals surface area contributed by atoms with Crippen molar-refractivity contribution < 1.29 is 4.79 Å². The first kappa shape index (κ1) is 13.0. The van der Waals surface area contributed by atoms with Crippen LogP contribution in [0.1, 0.15) is 44.5 Å². The van der Waals surface area contributed by atoms with Gasteiger partial charge in [-0.3, -0.25) is 4.79 Å². The molecular formula is C15H22O. The van der Waals surface area contributed by atoms with Gasteiger partial charge in [-0.15, -0.1) is 0 Å². The van der Waals surface area contributed by atoms with Gasteiger partial charge in [0.1, 0.15) is 0 Å². The van der Waals surface area contributed by atoms with Crippen LogP contribution in [0.15, 0.2) is 30.3 Å². The van der Waals surface area contributed by atoms with Crippen molar-refractivity contribution >= 4 is 5.78 Å². The molecule has 1 aromatic carbocycles. The van der Waals surface area contributed by atoms with Gasteiger partial charge in [0, 0.05) is 11.5 Å². The topological polar surface area (TPSA) is 17.1 Å². The Morgan fingerprint density at radius 2 is 1.62 bits per heavy atom. The number of rotatable bonds is 5. The van der Waals surface area contributed by atoms with E-state index in [0.29, 0.717) is 17.6 Å². The van der Waals surface area contributed by atoms with Crippen molar-refractivity contribution in [1.29, 1.82) is 0 Å². The summed E-state index contributed by atoms with van der Waals surface area (Å²) in [5, 5.41) is 0. The molecular weight excluding hydrogens is 196 g/mol. The van der Waals surface area contributed by atoms with Crippen molar-refractivity contribution in [2.45, 2.75) is 34.1 Å². The second-order valence-electron chi connectivity index (χ2n) is 5.21. The number of benzene rings is 1. The van der Waals surface area contributed by atoms with Gasteiger partial charge in [0.25, 0.3) is 0 Å². The highest BCUT2D eigenvalue weighted by Gasteiger charge is 2.23. The molecule has 0 aliphatic rings. The van der Waals surface area contributed by atoms with Crippen LogP contribution in [-0.4, -0.2) is 5.78 Å². The van der Waals surface area contributed by atoms with Gasteiger partial charge in [-0.2, -0.15) is 0 Å². The lowest BCUT2D eigenvalue weighted by Gasteiger charge is -2.21. The quantitative estimate of drug-likeness (QED) is 0.677. The minimum atomic E-state index is 0.155. The Balaban J connectivity index is 2.83. The van der Waals surface area contributed by atoms with E-state index in [-0.39, 0.29) is 5.92 Å². The standard InChI is InChI=1S/C15H22O/c1-11(2)10-14(12(3)4)15(16)13-8-6-5-7-9-13/h5-9,11-12,14H,10H2,1-4H3. The van der Waals surface area contributed by atoms with Crippen molar-refractivity contribution in [3.63, 3.8) is 0 Å². The SMILES string of the molecule is CC(C)CC(C(=O)c1ccccc1)C(C)C. The second-order valence-corrected chi connectivity index (χ2v) is 5.21. The summed E-state index contributed by atoms with van der Waals surface area (Å²) in [6.07, 6.45) is 0.978. The molecule has 16 heavy (non-hydrogen) atoms. The molecule has 88 valence electrons. The van der Waals surface area contributed by atoms with E-state index in [2.05, 4.69) is 27.7 Å². The van der Waals surface area contributed by atoms with Crippen LogP contribution in [0.25, 0.3) is 0 Å². The Bertz CT molecular complexity index is 325. The summed E-state index contributed by atoms with van der Waals surface area (Å²) in [6, 6.07) is 9.64. The largest absolute Gasteiger partial charge is 0.294 e. The van der Waals surface area contributed by atoms with Gasteiger partial charge in [0.15, 0.2) is 5.78 Å². The normalized spacial score (nSPS) is 13.1. The Morgan fingerprint density at radius 3 is 2.06 bits per heavy atom. The summed E-state index contributed by atoms with van der Waals surface area (Å²) < 4.78 is 0.